The van der Waals surface area contributed by atoms with Crippen molar-refractivity contribution in [1.29, 1.82) is 0 Å². The Morgan fingerprint density at radius 2 is 1.40 bits per heavy atom. The number of nitrogens with zero attached hydrogens (tertiary/aromatic N) is 1. The number of hydrogen-bond acceptors (Lipinski definition) is 3. The zero-order valence-corrected chi connectivity index (χ0v) is 18.0. The van der Waals surface area contributed by atoms with E-state index in [2.05, 4.69) is 5.32 Å². The van der Waals surface area contributed by atoms with Crippen molar-refractivity contribution in [3.8, 4) is 0 Å². The number of rotatable bonds is 8. The number of aryl methyl sites for hydroxylation is 1. The van der Waals surface area contributed by atoms with Crippen molar-refractivity contribution in [3.63, 3.8) is 0 Å². The van der Waals surface area contributed by atoms with Crippen LogP contribution < -0.4 is 5.32 Å². The third-order valence-corrected chi connectivity index (χ3v) is 6.62. The highest BCUT2D eigenvalue weighted by Gasteiger charge is 2.26. The third-order valence-electron chi connectivity index (χ3n) is 4.83. The van der Waals surface area contributed by atoms with Gasteiger partial charge in [0.2, 0.25) is 10.0 Å². The van der Waals surface area contributed by atoms with Gasteiger partial charge in [-0.15, -0.1) is 0 Å². The Morgan fingerprint density at radius 3 is 1.90 bits per heavy atom. The van der Waals surface area contributed by atoms with Gasteiger partial charge in [0.25, 0.3) is 5.91 Å². The molecule has 156 valence electrons. The summed E-state index contributed by atoms with van der Waals surface area (Å²) in [6.07, 6.45) is 0. The molecule has 0 unspecified atom stereocenters. The van der Waals surface area contributed by atoms with E-state index in [4.69, 9.17) is 0 Å². The maximum Gasteiger partial charge on any atom is 0.251 e. The normalized spacial score (nSPS) is 11.4. The van der Waals surface area contributed by atoms with Gasteiger partial charge in [0.15, 0.2) is 0 Å². The molecule has 0 spiro atoms. The maximum absolute atomic E-state index is 13.6. The molecule has 0 fully saturated rings. The van der Waals surface area contributed by atoms with Crippen LogP contribution in [0.2, 0.25) is 0 Å². The monoisotopic (exact) mass is 422 g/mol. The van der Waals surface area contributed by atoms with Gasteiger partial charge in [-0.25, -0.2) is 8.42 Å². The molecule has 0 bridgehead atoms. The molecule has 1 N–H and O–H groups in total. The summed E-state index contributed by atoms with van der Waals surface area (Å²) in [5, 5.41) is 2.74. The van der Waals surface area contributed by atoms with Gasteiger partial charge >= 0.3 is 0 Å². The van der Waals surface area contributed by atoms with Gasteiger partial charge in [-0.2, -0.15) is 4.31 Å². The predicted molar refractivity (Wildman–Crippen MR) is 119 cm³/mol. The molecular formula is C24H26N2O3S. The molecule has 0 heterocycles. The summed E-state index contributed by atoms with van der Waals surface area (Å²) < 4.78 is 28.6. The third kappa shape index (κ3) is 5.14. The summed E-state index contributed by atoms with van der Waals surface area (Å²) in [4.78, 5) is 12.5. The second-order valence-corrected chi connectivity index (χ2v) is 9.02. The maximum atomic E-state index is 13.6. The van der Waals surface area contributed by atoms with E-state index in [1.807, 2.05) is 67.6 Å². The fourth-order valence-corrected chi connectivity index (χ4v) is 4.65. The van der Waals surface area contributed by atoms with Crippen LogP contribution in [0.25, 0.3) is 0 Å². The van der Waals surface area contributed by atoms with Crippen molar-refractivity contribution in [2.45, 2.75) is 31.8 Å². The first-order valence-corrected chi connectivity index (χ1v) is 11.3. The summed E-state index contributed by atoms with van der Waals surface area (Å²) in [6.45, 7) is 4.58. The Bertz CT molecular complexity index is 1060. The first-order valence-electron chi connectivity index (χ1n) is 9.88. The van der Waals surface area contributed by atoms with Crippen LogP contribution in [-0.4, -0.2) is 25.2 Å². The van der Waals surface area contributed by atoms with E-state index in [1.165, 1.54) is 10.4 Å². The van der Waals surface area contributed by atoms with Crippen molar-refractivity contribution in [3.05, 3.63) is 101 Å². The van der Waals surface area contributed by atoms with Gasteiger partial charge in [-0.3, -0.25) is 4.79 Å². The first kappa shape index (κ1) is 21.7. The number of benzene rings is 3. The van der Waals surface area contributed by atoms with Crippen molar-refractivity contribution in [1.82, 2.24) is 9.62 Å². The second-order valence-electron chi connectivity index (χ2n) is 7.08. The van der Waals surface area contributed by atoms with E-state index in [-0.39, 0.29) is 23.9 Å². The zero-order valence-electron chi connectivity index (χ0n) is 17.2. The van der Waals surface area contributed by atoms with Crippen LogP contribution in [0.15, 0.2) is 83.8 Å². The molecule has 0 atom stereocenters. The first-order chi connectivity index (χ1) is 14.4. The Morgan fingerprint density at radius 1 is 0.867 bits per heavy atom. The molecule has 6 heteroatoms. The summed E-state index contributed by atoms with van der Waals surface area (Å²) >= 11 is 0. The summed E-state index contributed by atoms with van der Waals surface area (Å²) in [5.74, 6) is -0.273. The molecule has 1 amide bonds. The molecule has 3 rings (SSSR count). The van der Waals surface area contributed by atoms with E-state index in [9.17, 15) is 13.2 Å². The smallest absolute Gasteiger partial charge is 0.251 e. The molecule has 3 aromatic carbocycles. The number of amides is 1. The van der Waals surface area contributed by atoms with Gasteiger partial charge in [0, 0.05) is 25.2 Å². The lowest BCUT2D eigenvalue weighted by molar-refractivity contribution is 0.0955. The number of hydrogen-bond donors (Lipinski definition) is 1. The number of sulfonamides is 1. The van der Waals surface area contributed by atoms with Crippen LogP contribution >= 0.6 is 0 Å². The molecule has 0 saturated heterocycles. The topological polar surface area (TPSA) is 66.5 Å². The standard InChI is InChI=1S/C24H26N2O3S/c1-3-25-24(27)23-16-22(15-14-19(23)2)30(28,29)26(17-20-10-6-4-7-11-20)18-21-12-8-5-9-13-21/h4-16H,3,17-18H2,1-2H3,(H,25,27). The Balaban J connectivity index is 2.00. The van der Waals surface area contributed by atoms with E-state index >= 15 is 0 Å². The molecule has 3 aromatic rings. The van der Waals surface area contributed by atoms with Crippen LogP contribution in [0.4, 0.5) is 0 Å². The molecule has 0 aromatic heterocycles. The molecule has 0 aliphatic rings. The molecule has 0 saturated carbocycles. The van der Waals surface area contributed by atoms with E-state index < -0.39 is 10.0 Å². The average Bonchev–Trinajstić information content (AvgIpc) is 2.75. The highest BCUT2D eigenvalue weighted by atomic mass is 32.2. The van der Waals surface area contributed by atoms with Crippen LogP contribution in [0.1, 0.15) is 34.0 Å². The van der Waals surface area contributed by atoms with Gasteiger partial charge in [-0.05, 0) is 42.7 Å². The minimum atomic E-state index is -3.83. The summed E-state index contributed by atoms with van der Waals surface area (Å²) in [5.41, 5.74) is 2.90. The molecule has 0 radical (unpaired) electrons. The summed E-state index contributed by atoms with van der Waals surface area (Å²) in [6, 6.07) is 23.7. The molecule has 30 heavy (non-hydrogen) atoms. The Labute approximate surface area is 178 Å². The molecule has 0 aliphatic carbocycles. The fourth-order valence-electron chi connectivity index (χ4n) is 3.21. The molecular weight excluding hydrogens is 396 g/mol. The fraction of sp³-hybridized carbons (Fsp3) is 0.208. The van der Waals surface area contributed by atoms with Crippen LogP contribution in [0.5, 0.6) is 0 Å². The van der Waals surface area contributed by atoms with Crippen LogP contribution in [0, 0.1) is 6.92 Å². The number of carbonyl (C=O) groups is 1. The van der Waals surface area contributed by atoms with Crippen molar-refractivity contribution in [2.75, 3.05) is 6.54 Å². The minimum Gasteiger partial charge on any atom is -0.352 e. The van der Waals surface area contributed by atoms with Gasteiger partial charge in [0.05, 0.1) is 4.90 Å². The average molecular weight is 423 g/mol. The highest BCUT2D eigenvalue weighted by Crippen LogP contribution is 2.23. The minimum absolute atomic E-state index is 0.112. The lowest BCUT2D eigenvalue weighted by Crippen LogP contribution is -2.31. The lowest BCUT2D eigenvalue weighted by atomic mass is 10.1. The number of nitrogens with one attached hydrogen (secondary N) is 1. The quantitative estimate of drug-likeness (QED) is 0.593. The highest BCUT2D eigenvalue weighted by molar-refractivity contribution is 7.89. The number of carbonyl (C=O) groups excluding carboxylic acids is 1. The zero-order chi connectivity index (χ0) is 21.6. The molecule has 5 nitrogen and oxygen atoms in total. The van der Waals surface area contributed by atoms with Gasteiger partial charge < -0.3 is 5.32 Å². The van der Waals surface area contributed by atoms with Crippen molar-refractivity contribution in [2.24, 2.45) is 0 Å². The Kier molecular flexibility index (Phi) is 7.03. The molecule has 0 aliphatic heterocycles. The van der Waals surface area contributed by atoms with Crippen LogP contribution in [0.3, 0.4) is 0 Å². The van der Waals surface area contributed by atoms with E-state index in [1.54, 1.807) is 19.1 Å². The van der Waals surface area contributed by atoms with E-state index in [0.717, 1.165) is 16.7 Å². The lowest BCUT2D eigenvalue weighted by Gasteiger charge is -2.23. The van der Waals surface area contributed by atoms with E-state index in [0.29, 0.717) is 12.1 Å². The van der Waals surface area contributed by atoms with Crippen molar-refractivity contribution < 1.29 is 13.2 Å². The second kappa shape index (κ2) is 9.69. The predicted octanol–water partition coefficient (Wildman–Crippen LogP) is 4.14. The van der Waals surface area contributed by atoms with Crippen LogP contribution in [-0.2, 0) is 23.1 Å². The Hall–Kier alpha value is -2.96. The van der Waals surface area contributed by atoms with Gasteiger partial charge in [0.1, 0.15) is 0 Å². The van der Waals surface area contributed by atoms with Gasteiger partial charge in [-0.1, -0.05) is 66.7 Å². The SMILES string of the molecule is CCNC(=O)c1cc(S(=O)(=O)N(Cc2ccccc2)Cc2ccccc2)ccc1C. The van der Waals surface area contributed by atoms with Crippen molar-refractivity contribution >= 4 is 15.9 Å². The summed E-state index contributed by atoms with van der Waals surface area (Å²) in [7, 11) is -3.83. The largest absolute Gasteiger partial charge is 0.352 e.